The number of carbonyl (C=O) groups is 3. The number of anilines is 2. The van der Waals surface area contributed by atoms with E-state index in [4.69, 9.17) is 12.2 Å². The van der Waals surface area contributed by atoms with Crippen molar-refractivity contribution in [3.63, 3.8) is 0 Å². The normalized spacial score (nSPS) is 15.1. The van der Waals surface area contributed by atoms with Crippen molar-refractivity contribution in [1.29, 1.82) is 0 Å². The lowest BCUT2D eigenvalue weighted by molar-refractivity contribution is -0.121. The summed E-state index contributed by atoms with van der Waals surface area (Å²) in [4.78, 5) is 38.6. The molecule has 2 aromatic carbocycles. The molecule has 0 spiro atoms. The summed E-state index contributed by atoms with van der Waals surface area (Å²) < 4.78 is 13.3. The molecular formula is C22H20FN5O3. The first kappa shape index (κ1) is 21.5. The lowest BCUT2D eigenvalue weighted by Gasteiger charge is -2.22. The van der Waals surface area contributed by atoms with Gasteiger partial charge in [-0.1, -0.05) is 12.0 Å². The molecule has 1 heterocycles. The Kier molecular flexibility index (Phi) is 6.31. The Bertz CT molecular complexity index is 1090. The van der Waals surface area contributed by atoms with Gasteiger partial charge in [0, 0.05) is 24.7 Å². The molecule has 3 N–H and O–H groups in total. The van der Waals surface area contributed by atoms with Crippen LogP contribution in [0.25, 0.3) is 0 Å². The van der Waals surface area contributed by atoms with Gasteiger partial charge in [0.05, 0.1) is 5.69 Å². The number of terminal acetylenes is 1. The van der Waals surface area contributed by atoms with Crippen LogP contribution in [0.5, 0.6) is 0 Å². The van der Waals surface area contributed by atoms with Crippen LogP contribution in [0.2, 0.25) is 0 Å². The summed E-state index contributed by atoms with van der Waals surface area (Å²) in [7, 11) is 1.45. The van der Waals surface area contributed by atoms with Crippen molar-refractivity contribution in [2.75, 3.05) is 23.5 Å². The van der Waals surface area contributed by atoms with Crippen LogP contribution in [-0.4, -0.2) is 43.1 Å². The number of nitrogens with two attached hydrogens (primary N) is 1. The van der Waals surface area contributed by atoms with E-state index in [1.54, 1.807) is 24.3 Å². The van der Waals surface area contributed by atoms with Gasteiger partial charge in [-0.05, 0) is 42.5 Å². The number of likely N-dealkylation sites (N-methyl/N-ethyl adjacent to an activating group) is 1. The molecule has 1 atom stereocenters. The van der Waals surface area contributed by atoms with Crippen molar-refractivity contribution >= 4 is 34.8 Å². The summed E-state index contributed by atoms with van der Waals surface area (Å²) in [6, 6.07) is 11.0. The van der Waals surface area contributed by atoms with E-state index in [9.17, 15) is 18.8 Å². The molecule has 0 aromatic heterocycles. The summed E-state index contributed by atoms with van der Waals surface area (Å²) in [5.41, 5.74) is 6.88. The zero-order valence-corrected chi connectivity index (χ0v) is 16.7. The summed E-state index contributed by atoms with van der Waals surface area (Å²) in [6.45, 7) is -0.278. The lowest BCUT2D eigenvalue weighted by Crippen LogP contribution is -2.43. The number of halogens is 1. The molecule has 3 rings (SSSR count). The minimum Gasteiger partial charge on any atom is -0.368 e. The summed E-state index contributed by atoms with van der Waals surface area (Å²) in [5.74, 6) is 0.360. The van der Waals surface area contributed by atoms with Crippen molar-refractivity contribution in [3.8, 4) is 12.3 Å². The third-order valence-electron chi connectivity index (χ3n) is 4.73. The van der Waals surface area contributed by atoms with Crippen molar-refractivity contribution in [1.82, 2.24) is 5.32 Å². The minimum absolute atomic E-state index is 0.0307. The van der Waals surface area contributed by atoms with E-state index in [-0.39, 0.29) is 18.7 Å². The first-order valence-corrected chi connectivity index (χ1v) is 9.34. The van der Waals surface area contributed by atoms with Crippen LogP contribution >= 0.6 is 0 Å². The van der Waals surface area contributed by atoms with Gasteiger partial charge in [-0.2, -0.15) is 5.10 Å². The second-order valence-corrected chi connectivity index (χ2v) is 6.75. The van der Waals surface area contributed by atoms with Gasteiger partial charge in [0.1, 0.15) is 24.1 Å². The SMILES string of the molecule is C#Cc1cccc(N(CC(=O)NC)C(=O)C2=NN(c3ccc(F)cc3)C(C(N)=O)C2)c1. The standard InChI is InChI=1S/C22H20FN5O3/c1-3-14-5-4-6-17(11-14)27(13-20(29)25-2)22(31)18-12-19(21(24)30)28(26-18)16-9-7-15(23)8-10-16/h1,4-11,19H,12-13H2,2H3,(H2,24,30)(H,25,29). The molecule has 0 fully saturated rings. The second-order valence-electron chi connectivity index (χ2n) is 6.75. The zero-order chi connectivity index (χ0) is 22.5. The van der Waals surface area contributed by atoms with Crippen LogP contribution in [0, 0.1) is 18.2 Å². The van der Waals surface area contributed by atoms with E-state index in [0.717, 1.165) is 0 Å². The fourth-order valence-corrected chi connectivity index (χ4v) is 3.12. The molecule has 0 saturated heterocycles. The molecule has 0 radical (unpaired) electrons. The highest BCUT2D eigenvalue weighted by Crippen LogP contribution is 2.26. The molecule has 0 bridgehead atoms. The number of amides is 3. The van der Waals surface area contributed by atoms with Gasteiger partial charge in [0.25, 0.3) is 5.91 Å². The van der Waals surface area contributed by atoms with Gasteiger partial charge >= 0.3 is 0 Å². The predicted octanol–water partition coefficient (Wildman–Crippen LogP) is 1.01. The molecule has 31 heavy (non-hydrogen) atoms. The maximum absolute atomic E-state index is 13.3. The summed E-state index contributed by atoms with van der Waals surface area (Å²) >= 11 is 0. The van der Waals surface area contributed by atoms with Crippen LogP contribution in [0.4, 0.5) is 15.8 Å². The van der Waals surface area contributed by atoms with Gasteiger partial charge in [0.15, 0.2) is 0 Å². The minimum atomic E-state index is -0.927. The zero-order valence-electron chi connectivity index (χ0n) is 16.7. The maximum Gasteiger partial charge on any atom is 0.275 e. The Morgan fingerprint density at radius 1 is 1.29 bits per heavy atom. The molecule has 1 unspecified atom stereocenters. The Labute approximate surface area is 178 Å². The van der Waals surface area contributed by atoms with Crippen LogP contribution in [0.3, 0.4) is 0 Å². The number of rotatable bonds is 6. The molecule has 0 aliphatic carbocycles. The van der Waals surface area contributed by atoms with Gasteiger partial charge in [-0.15, -0.1) is 6.42 Å². The molecular weight excluding hydrogens is 401 g/mol. The van der Waals surface area contributed by atoms with E-state index in [2.05, 4.69) is 16.3 Å². The topological polar surface area (TPSA) is 108 Å². The smallest absolute Gasteiger partial charge is 0.275 e. The van der Waals surface area contributed by atoms with Gasteiger partial charge in [-0.3, -0.25) is 24.3 Å². The molecule has 0 saturated carbocycles. The Hall–Kier alpha value is -4.19. The predicted molar refractivity (Wildman–Crippen MR) is 115 cm³/mol. The molecule has 158 valence electrons. The number of carbonyl (C=O) groups excluding carboxylic acids is 3. The Morgan fingerprint density at radius 3 is 2.61 bits per heavy atom. The molecule has 2 aromatic rings. The first-order chi connectivity index (χ1) is 14.8. The van der Waals surface area contributed by atoms with Crippen molar-refractivity contribution in [3.05, 3.63) is 59.9 Å². The van der Waals surface area contributed by atoms with Crippen LogP contribution < -0.4 is 21.0 Å². The number of nitrogens with one attached hydrogen (secondary N) is 1. The van der Waals surface area contributed by atoms with E-state index in [1.807, 2.05) is 0 Å². The van der Waals surface area contributed by atoms with Gasteiger partial charge in [-0.25, -0.2) is 4.39 Å². The van der Waals surface area contributed by atoms with Gasteiger partial charge < -0.3 is 11.1 Å². The lowest BCUT2D eigenvalue weighted by atomic mass is 10.1. The number of nitrogens with zero attached hydrogens (tertiary/aromatic N) is 3. The van der Waals surface area contributed by atoms with Crippen LogP contribution in [0.1, 0.15) is 12.0 Å². The number of primary amides is 1. The average molecular weight is 421 g/mol. The third-order valence-corrected chi connectivity index (χ3v) is 4.73. The fraction of sp³-hybridized carbons (Fsp3) is 0.182. The molecule has 8 nitrogen and oxygen atoms in total. The average Bonchev–Trinajstić information content (AvgIpc) is 3.23. The highest BCUT2D eigenvalue weighted by atomic mass is 19.1. The largest absolute Gasteiger partial charge is 0.368 e. The molecule has 1 aliphatic rings. The quantitative estimate of drug-likeness (QED) is 0.679. The van der Waals surface area contributed by atoms with E-state index < -0.39 is 29.6 Å². The Morgan fingerprint density at radius 2 is 2.00 bits per heavy atom. The number of hydrogen-bond donors (Lipinski definition) is 2. The number of benzene rings is 2. The highest BCUT2D eigenvalue weighted by molar-refractivity contribution is 6.45. The molecule has 9 heteroatoms. The van der Waals surface area contributed by atoms with Crippen LogP contribution in [-0.2, 0) is 14.4 Å². The van der Waals surface area contributed by atoms with E-state index >= 15 is 0 Å². The first-order valence-electron chi connectivity index (χ1n) is 9.34. The molecule has 1 aliphatic heterocycles. The van der Waals surface area contributed by atoms with Crippen molar-refractivity contribution in [2.45, 2.75) is 12.5 Å². The van der Waals surface area contributed by atoms with Gasteiger partial charge in [0.2, 0.25) is 11.8 Å². The van der Waals surface area contributed by atoms with E-state index in [1.165, 1.54) is 41.2 Å². The van der Waals surface area contributed by atoms with Crippen molar-refractivity contribution < 1.29 is 18.8 Å². The van der Waals surface area contributed by atoms with Crippen LogP contribution in [0.15, 0.2) is 53.6 Å². The number of hydrogen-bond acceptors (Lipinski definition) is 5. The summed E-state index contributed by atoms with van der Waals surface area (Å²) in [6.07, 6.45) is 5.38. The third kappa shape index (κ3) is 4.70. The maximum atomic E-state index is 13.3. The van der Waals surface area contributed by atoms with Crippen molar-refractivity contribution in [2.24, 2.45) is 10.8 Å². The fourth-order valence-electron chi connectivity index (χ4n) is 3.12. The summed E-state index contributed by atoms with van der Waals surface area (Å²) in [5, 5.41) is 8.03. The Balaban J connectivity index is 1.98. The second kappa shape index (κ2) is 9.09. The molecule has 3 amide bonds. The number of hydrazone groups is 1. The van der Waals surface area contributed by atoms with E-state index in [0.29, 0.717) is 16.9 Å². The highest BCUT2D eigenvalue weighted by Gasteiger charge is 2.37. The monoisotopic (exact) mass is 421 g/mol.